The Kier molecular flexibility index (Phi) is 16.3. The van der Waals surface area contributed by atoms with E-state index in [0.29, 0.717) is 120 Å². The molecule has 0 heterocycles. The van der Waals surface area contributed by atoms with Crippen molar-refractivity contribution >= 4 is 11.6 Å². The summed E-state index contributed by atoms with van der Waals surface area (Å²) in [5, 5.41) is 59.3. The topological polar surface area (TPSA) is 138 Å². The summed E-state index contributed by atoms with van der Waals surface area (Å²) in [5.74, 6) is 7.52. The van der Waals surface area contributed by atoms with Crippen molar-refractivity contribution in [2.75, 3.05) is 52.1 Å². The monoisotopic (exact) mass is 910 g/mol. The molecule has 0 spiro atoms. The van der Waals surface area contributed by atoms with Crippen molar-refractivity contribution in [1.29, 1.82) is 0 Å². The molecule has 7 rings (SSSR count). The Morgan fingerprint density at radius 1 is 0.394 bits per heavy atom. The van der Waals surface area contributed by atoms with Gasteiger partial charge >= 0.3 is 0 Å². The molecule has 5 N–H and O–H groups in total. The van der Waals surface area contributed by atoms with Crippen LogP contribution in [0.25, 0.3) is 0 Å². The first-order valence-corrected chi connectivity index (χ1v) is 23.0. The Bertz CT molecular complexity index is 2610. The number of phenols is 5. The van der Waals surface area contributed by atoms with E-state index in [4.69, 9.17) is 30.5 Å². The molecule has 1 aliphatic carbocycles. The van der Waals surface area contributed by atoms with E-state index in [0.717, 1.165) is 33.4 Å². The molecule has 66 heavy (non-hydrogen) atoms. The smallest absolute Gasteiger partial charge is 0.122 e. The van der Waals surface area contributed by atoms with Gasteiger partial charge in [0.1, 0.15) is 28.7 Å². The van der Waals surface area contributed by atoms with Gasteiger partial charge in [-0.1, -0.05) is 94.8 Å². The van der Waals surface area contributed by atoms with Gasteiger partial charge in [-0.25, -0.2) is 0 Å². The predicted octanol–water partition coefficient (Wildman–Crippen LogP) is 9.92. The van der Waals surface area contributed by atoms with Crippen LogP contribution in [0.5, 0.6) is 28.7 Å². The van der Waals surface area contributed by atoms with Gasteiger partial charge in [0.25, 0.3) is 0 Å². The van der Waals surface area contributed by atoms with Gasteiger partial charge in [-0.2, -0.15) is 0 Å². The third-order valence-corrected chi connectivity index (χ3v) is 11.9. The van der Waals surface area contributed by atoms with E-state index in [1.807, 2.05) is 113 Å². The first kappa shape index (κ1) is 48.0. The molecule has 0 amide bonds. The number of ether oxygens (including phenoxy) is 4. The lowest BCUT2D eigenvalue weighted by Gasteiger charge is -2.19. The lowest BCUT2D eigenvalue weighted by atomic mass is 9.89. The third-order valence-electron chi connectivity index (χ3n) is 11.7. The average molecular weight is 912 g/mol. The molecule has 0 atom stereocenters. The summed E-state index contributed by atoms with van der Waals surface area (Å²) in [7, 11) is 0. The number of hydrogen-bond acceptors (Lipinski definition) is 9. The van der Waals surface area contributed by atoms with Gasteiger partial charge in [0.2, 0.25) is 0 Å². The minimum absolute atomic E-state index is 0.0464. The fourth-order valence-corrected chi connectivity index (χ4v) is 8.84. The number of benzene rings is 6. The molecule has 0 radical (unpaired) electrons. The van der Waals surface area contributed by atoms with Crippen LogP contribution in [0.3, 0.4) is 0 Å². The van der Waals surface area contributed by atoms with Crippen LogP contribution in [0, 0.1) is 39.5 Å². The molecule has 0 aromatic heterocycles. The maximum absolute atomic E-state index is 12.1. The van der Waals surface area contributed by atoms with E-state index >= 15 is 0 Å². The zero-order valence-corrected chi connectivity index (χ0v) is 39.0. The van der Waals surface area contributed by atoms with Gasteiger partial charge in [0, 0.05) is 49.1 Å². The summed E-state index contributed by atoms with van der Waals surface area (Å²) >= 11 is 5.60. The first-order chi connectivity index (χ1) is 31.8. The number of aryl methyl sites for hydroxylation is 4. The van der Waals surface area contributed by atoms with Crippen molar-refractivity contribution in [3.63, 3.8) is 0 Å². The quantitative estimate of drug-likeness (QED) is 0.0435. The van der Waals surface area contributed by atoms with E-state index < -0.39 is 0 Å². The highest BCUT2D eigenvalue weighted by Crippen LogP contribution is 2.39. The van der Waals surface area contributed by atoms with Gasteiger partial charge in [-0.05, 0) is 113 Å². The van der Waals surface area contributed by atoms with Crippen LogP contribution in [0.2, 0.25) is 0 Å². The highest BCUT2D eigenvalue weighted by atomic mass is 35.5. The van der Waals surface area contributed by atoms with Crippen LogP contribution in [0.1, 0.15) is 94.6 Å². The molecule has 6 aromatic rings. The minimum atomic E-state index is 0.0464. The molecule has 0 saturated heterocycles. The van der Waals surface area contributed by atoms with Crippen LogP contribution in [0.4, 0.5) is 0 Å². The fourth-order valence-electron chi connectivity index (χ4n) is 8.73. The van der Waals surface area contributed by atoms with Crippen LogP contribution in [-0.2, 0) is 57.7 Å². The van der Waals surface area contributed by atoms with E-state index in [2.05, 4.69) is 11.8 Å². The Balaban J connectivity index is 1.20. The lowest BCUT2D eigenvalue weighted by Crippen LogP contribution is -2.12. The van der Waals surface area contributed by atoms with Gasteiger partial charge in [-0.3, -0.25) is 0 Å². The standard InChI is InChI=1S/C56H59ClO9/c1-35-18-42-29-43-19-36(2)21-45(53(43)59)31-47-23-38(4)25-49(55(47)61)33-51-28-40(27-50(56(51)62)32-48-24-37(3)22-46(54(48)60)30-44(20-35)52(42)58)9-8-39-6-5-7-41(26-39)34-66-17-16-65-15-14-64-13-12-63-11-10-57/h5-7,18-28,58-62H,10-17,29-34H2,1-4H3. The van der Waals surface area contributed by atoms with E-state index in [9.17, 15) is 25.5 Å². The van der Waals surface area contributed by atoms with Gasteiger partial charge in [0.15, 0.2) is 0 Å². The summed E-state index contributed by atoms with van der Waals surface area (Å²) in [5.41, 5.74) is 12.4. The van der Waals surface area contributed by atoms with E-state index in [1.54, 1.807) is 0 Å². The van der Waals surface area contributed by atoms with Gasteiger partial charge < -0.3 is 44.5 Å². The van der Waals surface area contributed by atoms with Crippen LogP contribution in [-0.4, -0.2) is 77.7 Å². The number of hydrogen-bond donors (Lipinski definition) is 5. The van der Waals surface area contributed by atoms with Crippen LogP contribution < -0.4 is 0 Å². The molecule has 6 aromatic carbocycles. The normalized spacial score (nSPS) is 12.4. The number of halogens is 1. The average Bonchev–Trinajstić information content (AvgIpc) is 3.28. The second-order valence-electron chi connectivity index (χ2n) is 17.3. The summed E-state index contributed by atoms with van der Waals surface area (Å²) < 4.78 is 22.3. The van der Waals surface area contributed by atoms with Crippen molar-refractivity contribution in [2.24, 2.45) is 0 Å². The van der Waals surface area contributed by atoms with Crippen molar-refractivity contribution in [3.05, 3.63) is 180 Å². The molecular weight excluding hydrogens is 852 g/mol. The molecule has 344 valence electrons. The maximum atomic E-state index is 12.1. The molecule has 10 bridgehead atoms. The Labute approximate surface area is 393 Å². The fraction of sp³-hybridized carbons (Fsp3) is 0.321. The minimum Gasteiger partial charge on any atom is -0.507 e. The number of rotatable bonds is 13. The predicted molar refractivity (Wildman–Crippen MR) is 259 cm³/mol. The van der Waals surface area contributed by atoms with Crippen molar-refractivity contribution < 1.29 is 44.5 Å². The SMILES string of the molecule is Cc1cc2c(O)c(c1)Cc1cc(C)cc(c1O)Cc1cc(C#Cc3cccc(COCCOCCOCCOCCCl)c3)cc(c1O)Cc1cc(C)cc(c1O)Cc1cc(C)cc(c1O)C2. The zero-order valence-electron chi connectivity index (χ0n) is 38.2. The van der Waals surface area contributed by atoms with Crippen molar-refractivity contribution in [3.8, 4) is 40.6 Å². The molecule has 0 fully saturated rings. The highest BCUT2D eigenvalue weighted by Gasteiger charge is 2.21. The number of fused-ring (bicyclic) bond motifs is 10. The zero-order chi connectivity index (χ0) is 46.7. The largest absolute Gasteiger partial charge is 0.507 e. The second-order valence-corrected chi connectivity index (χ2v) is 17.7. The Morgan fingerprint density at radius 3 is 1.05 bits per heavy atom. The second kappa shape index (κ2) is 22.5. The Hall–Kier alpha value is -5.99. The van der Waals surface area contributed by atoms with Crippen LogP contribution >= 0.6 is 11.6 Å². The third kappa shape index (κ3) is 12.5. The highest BCUT2D eigenvalue weighted by molar-refractivity contribution is 6.17. The molecule has 0 saturated carbocycles. The van der Waals surface area contributed by atoms with Crippen LogP contribution in [0.15, 0.2) is 84.9 Å². The lowest BCUT2D eigenvalue weighted by molar-refractivity contribution is -0.00272. The number of phenolic OH excluding ortho intramolecular Hbond substituents is 5. The summed E-state index contributed by atoms with van der Waals surface area (Å²) in [4.78, 5) is 0. The molecule has 0 unspecified atom stereocenters. The summed E-state index contributed by atoms with van der Waals surface area (Å²) in [6.07, 6.45) is 1.22. The van der Waals surface area contributed by atoms with E-state index in [1.165, 1.54) is 0 Å². The maximum Gasteiger partial charge on any atom is 0.122 e. The number of alkyl halides is 1. The van der Waals surface area contributed by atoms with Gasteiger partial charge in [-0.15, -0.1) is 11.6 Å². The number of aromatic hydroxyl groups is 5. The van der Waals surface area contributed by atoms with Crippen molar-refractivity contribution in [2.45, 2.75) is 66.4 Å². The van der Waals surface area contributed by atoms with Crippen molar-refractivity contribution in [1.82, 2.24) is 0 Å². The molecule has 9 nitrogen and oxygen atoms in total. The summed E-state index contributed by atoms with van der Waals surface area (Å²) in [6.45, 7) is 11.6. The molecular formula is C56H59ClO9. The Morgan fingerprint density at radius 2 is 0.697 bits per heavy atom. The van der Waals surface area contributed by atoms with Gasteiger partial charge in [0.05, 0.1) is 52.9 Å². The molecule has 0 aliphatic heterocycles. The first-order valence-electron chi connectivity index (χ1n) is 22.4. The van der Waals surface area contributed by atoms with E-state index in [-0.39, 0.29) is 60.9 Å². The summed E-state index contributed by atoms with van der Waals surface area (Å²) in [6, 6.07) is 26.9. The molecule has 1 aliphatic rings. The molecule has 10 heteroatoms.